The van der Waals surface area contributed by atoms with Gasteiger partial charge in [-0.1, -0.05) is 32.6 Å². The standard InChI is InChI=1S/C17H28O4/c1-5-8-9-11-15(7-3)21-17(19)13-10-12-16(18)20-14(4)6-2/h2,14-15H,5,7-13H2,1,3-4H3. The number of hydrogen-bond acceptors (Lipinski definition) is 4. The molecule has 0 rings (SSSR count). The average molecular weight is 296 g/mol. The van der Waals surface area contributed by atoms with E-state index in [2.05, 4.69) is 12.8 Å². The van der Waals surface area contributed by atoms with E-state index < -0.39 is 6.10 Å². The molecular weight excluding hydrogens is 268 g/mol. The number of esters is 2. The lowest BCUT2D eigenvalue weighted by Gasteiger charge is -2.16. The Morgan fingerprint density at radius 2 is 1.67 bits per heavy atom. The van der Waals surface area contributed by atoms with E-state index in [1.54, 1.807) is 6.92 Å². The minimum Gasteiger partial charge on any atom is -0.462 e. The van der Waals surface area contributed by atoms with Crippen LogP contribution in [0.15, 0.2) is 0 Å². The highest BCUT2D eigenvalue weighted by atomic mass is 16.5. The fraction of sp³-hybridized carbons (Fsp3) is 0.765. The van der Waals surface area contributed by atoms with Gasteiger partial charge in [0, 0.05) is 12.8 Å². The third kappa shape index (κ3) is 10.9. The molecule has 2 atom stereocenters. The van der Waals surface area contributed by atoms with Gasteiger partial charge in [0.05, 0.1) is 0 Å². The number of carbonyl (C=O) groups is 2. The molecule has 4 heteroatoms. The monoisotopic (exact) mass is 296 g/mol. The summed E-state index contributed by atoms with van der Waals surface area (Å²) in [6, 6.07) is 0. The Hall–Kier alpha value is -1.50. The number of carbonyl (C=O) groups excluding carboxylic acids is 2. The summed E-state index contributed by atoms with van der Waals surface area (Å²) in [6.45, 7) is 5.80. The first-order valence-corrected chi connectivity index (χ1v) is 7.88. The van der Waals surface area contributed by atoms with E-state index in [0.717, 1.165) is 32.1 Å². The molecule has 0 aromatic heterocycles. The van der Waals surface area contributed by atoms with E-state index >= 15 is 0 Å². The van der Waals surface area contributed by atoms with Gasteiger partial charge in [-0.2, -0.15) is 0 Å². The van der Waals surface area contributed by atoms with Crippen molar-refractivity contribution in [1.82, 2.24) is 0 Å². The van der Waals surface area contributed by atoms with Crippen molar-refractivity contribution >= 4 is 11.9 Å². The Morgan fingerprint density at radius 3 is 2.19 bits per heavy atom. The molecule has 0 aliphatic carbocycles. The zero-order valence-electron chi connectivity index (χ0n) is 13.5. The maximum absolute atomic E-state index is 11.7. The molecule has 4 nitrogen and oxygen atoms in total. The van der Waals surface area contributed by atoms with Crippen molar-refractivity contribution in [2.24, 2.45) is 0 Å². The van der Waals surface area contributed by atoms with Gasteiger partial charge in [-0.25, -0.2) is 0 Å². The van der Waals surface area contributed by atoms with Crippen LogP contribution in [0.2, 0.25) is 0 Å². The molecule has 0 aromatic carbocycles. The molecule has 21 heavy (non-hydrogen) atoms. The third-order valence-electron chi connectivity index (χ3n) is 3.19. The lowest BCUT2D eigenvalue weighted by Crippen LogP contribution is -2.18. The Labute approximate surface area is 128 Å². The summed E-state index contributed by atoms with van der Waals surface area (Å²) in [4.78, 5) is 23.1. The van der Waals surface area contributed by atoms with Crippen molar-refractivity contribution in [3.05, 3.63) is 0 Å². The maximum atomic E-state index is 11.7. The molecule has 0 heterocycles. The Morgan fingerprint density at radius 1 is 1.05 bits per heavy atom. The molecule has 0 aliphatic heterocycles. The molecule has 0 N–H and O–H groups in total. The smallest absolute Gasteiger partial charge is 0.307 e. The van der Waals surface area contributed by atoms with E-state index in [9.17, 15) is 9.59 Å². The molecular formula is C17H28O4. The number of terminal acetylenes is 1. The molecule has 0 aliphatic rings. The third-order valence-corrected chi connectivity index (χ3v) is 3.19. The zero-order chi connectivity index (χ0) is 16.1. The predicted molar refractivity (Wildman–Crippen MR) is 82.6 cm³/mol. The lowest BCUT2D eigenvalue weighted by atomic mass is 10.1. The van der Waals surface area contributed by atoms with Gasteiger partial charge in [0.1, 0.15) is 6.10 Å². The number of rotatable bonds is 11. The largest absolute Gasteiger partial charge is 0.462 e. The second-order valence-electron chi connectivity index (χ2n) is 5.17. The van der Waals surface area contributed by atoms with Crippen molar-refractivity contribution in [3.63, 3.8) is 0 Å². The number of hydrogen-bond donors (Lipinski definition) is 0. The summed E-state index contributed by atoms with van der Waals surface area (Å²) in [7, 11) is 0. The number of ether oxygens (including phenoxy) is 2. The quantitative estimate of drug-likeness (QED) is 0.332. The summed E-state index contributed by atoms with van der Waals surface area (Å²) >= 11 is 0. The van der Waals surface area contributed by atoms with Crippen molar-refractivity contribution in [2.45, 2.75) is 84.3 Å². The first kappa shape index (κ1) is 19.5. The summed E-state index contributed by atoms with van der Waals surface area (Å²) in [5.41, 5.74) is 0. The second kappa shape index (κ2) is 12.3. The fourth-order valence-electron chi connectivity index (χ4n) is 1.88. The van der Waals surface area contributed by atoms with Crippen LogP contribution in [-0.4, -0.2) is 24.1 Å². The first-order chi connectivity index (χ1) is 10.0. The molecule has 2 unspecified atom stereocenters. The highest BCUT2D eigenvalue weighted by Gasteiger charge is 2.13. The van der Waals surface area contributed by atoms with Crippen molar-refractivity contribution < 1.29 is 19.1 Å². The summed E-state index contributed by atoms with van der Waals surface area (Å²) < 4.78 is 10.3. The topological polar surface area (TPSA) is 52.6 Å². The van der Waals surface area contributed by atoms with Crippen molar-refractivity contribution in [3.8, 4) is 12.3 Å². The first-order valence-electron chi connectivity index (χ1n) is 7.88. The summed E-state index contributed by atoms with van der Waals surface area (Å²) in [5.74, 6) is 1.71. The van der Waals surface area contributed by atoms with Gasteiger partial charge in [0.2, 0.25) is 0 Å². The minimum absolute atomic E-state index is 0.00235. The maximum Gasteiger partial charge on any atom is 0.307 e. The molecule has 0 saturated heterocycles. The van der Waals surface area contributed by atoms with Crippen LogP contribution in [0, 0.1) is 12.3 Å². The zero-order valence-corrected chi connectivity index (χ0v) is 13.5. The highest BCUT2D eigenvalue weighted by molar-refractivity contribution is 5.72. The van der Waals surface area contributed by atoms with Crippen LogP contribution in [0.5, 0.6) is 0 Å². The van der Waals surface area contributed by atoms with Gasteiger partial charge in [0.15, 0.2) is 6.10 Å². The molecule has 0 radical (unpaired) electrons. The SMILES string of the molecule is C#CC(C)OC(=O)CCCC(=O)OC(CC)CCCCC. The Balaban J connectivity index is 3.82. The van der Waals surface area contributed by atoms with E-state index in [-0.39, 0.29) is 30.9 Å². The molecule has 120 valence electrons. The second-order valence-corrected chi connectivity index (χ2v) is 5.17. The molecule has 0 fully saturated rings. The van der Waals surface area contributed by atoms with Crippen molar-refractivity contribution in [1.29, 1.82) is 0 Å². The predicted octanol–water partition coefficient (Wildman–Crippen LogP) is 3.62. The summed E-state index contributed by atoms with van der Waals surface area (Å²) in [6.07, 6.45) is 10.6. The van der Waals surface area contributed by atoms with Crippen LogP contribution in [0.25, 0.3) is 0 Å². The highest BCUT2D eigenvalue weighted by Crippen LogP contribution is 2.12. The van der Waals surface area contributed by atoms with E-state index in [0.29, 0.717) is 6.42 Å². The van der Waals surface area contributed by atoms with Gasteiger partial charge < -0.3 is 9.47 Å². The van der Waals surface area contributed by atoms with Crippen LogP contribution in [0.1, 0.15) is 72.1 Å². The van der Waals surface area contributed by atoms with E-state index in [4.69, 9.17) is 15.9 Å². The Kier molecular flexibility index (Phi) is 11.4. The molecule has 0 amide bonds. The van der Waals surface area contributed by atoms with Crippen LogP contribution in [0.3, 0.4) is 0 Å². The fourth-order valence-corrected chi connectivity index (χ4v) is 1.88. The van der Waals surface area contributed by atoms with Crippen LogP contribution in [0.4, 0.5) is 0 Å². The average Bonchev–Trinajstić information content (AvgIpc) is 2.46. The van der Waals surface area contributed by atoms with Gasteiger partial charge >= 0.3 is 11.9 Å². The lowest BCUT2D eigenvalue weighted by molar-refractivity contribution is -0.150. The molecule has 0 saturated carbocycles. The molecule has 0 aromatic rings. The molecule has 0 spiro atoms. The van der Waals surface area contributed by atoms with Crippen LogP contribution >= 0.6 is 0 Å². The van der Waals surface area contributed by atoms with Gasteiger partial charge in [-0.15, -0.1) is 6.42 Å². The van der Waals surface area contributed by atoms with Gasteiger partial charge in [0.25, 0.3) is 0 Å². The molecule has 0 bridgehead atoms. The van der Waals surface area contributed by atoms with Gasteiger partial charge in [-0.05, 0) is 32.6 Å². The summed E-state index contributed by atoms with van der Waals surface area (Å²) in [5, 5.41) is 0. The van der Waals surface area contributed by atoms with E-state index in [1.165, 1.54) is 0 Å². The van der Waals surface area contributed by atoms with Crippen LogP contribution < -0.4 is 0 Å². The van der Waals surface area contributed by atoms with E-state index in [1.807, 2.05) is 6.92 Å². The van der Waals surface area contributed by atoms with Crippen LogP contribution in [-0.2, 0) is 19.1 Å². The normalized spacial score (nSPS) is 13.0. The minimum atomic E-state index is -0.521. The van der Waals surface area contributed by atoms with Gasteiger partial charge in [-0.3, -0.25) is 9.59 Å². The van der Waals surface area contributed by atoms with Crippen molar-refractivity contribution in [2.75, 3.05) is 0 Å². The Bertz CT molecular complexity index is 343. The number of unbranched alkanes of at least 4 members (excludes halogenated alkanes) is 2.